The van der Waals surface area contributed by atoms with Gasteiger partial charge in [0, 0.05) is 38.2 Å². The van der Waals surface area contributed by atoms with Gasteiger partial charge in [-0.3, -0.25) is 0 Å². The molecule has 0 aliphatic carbocycles. The van der Waals surface area contributed by atoms with Crippen LogP contribution in [0.1, 0.15) is 0 Å². The summed E-state index contributed by atoms with van der Waals surface area (Å²) in [5, 5.41) is 12.2. The molecular weight excluding hydrogens is 597 g/mol. The van der Waals surface area contributed by atoms with Crippen molar-refractivity contribution in [3.8, 4) is 45.0 Å². The Bertz CT molecular complexity index is 2840. The summed E-state index contributed by atoms with van der Waals surface area (Å²) >= 11 is 0. The first-order valence-electron chi connectivity index (χ1n) is 16.5. The van der Waals surface area contributed by atoms with Crippen molar-refractivity contribution in [2.24, 2.45) is 0 Å². The first-order chi connectivity index (χ1) is 24.3. The molecular formula is C45H28N4. The van der Waals surface area contributed by atoms with Crippen LogP contribution in [0.15, 0.2) is 170 Å². The highest BCUT2D eigenvalue weighted by molar-refractivity contribution is 6.22. The fourth-order valence-corrected chi connectivity index (χ4v) is 7.20. The number of hydrogen-bond donors (Lipinski definition) is 0. The van der Waals surface area contributed by atoms with Gasteiger partial charge in [0.25, 0.3) is 0 Å². The van der Waals surface area contributed by atoms with Crippen molar-refractivity contribution in [2.45, 2.75) is 0 Å². The van der Waals surface area contributed by atoms with Crippen molar-refractivity contribution in [1.82, 2.24) is 19.6 Å². The van der Waals surface area contributed by atoms with Crippen LogP contribution in [-0.2, 0) is 0 Å². The van der Waals surface area contributed by atoms with E-state index >= 15 is 0 Å². The van der Waals surface area contributed by atoms with E-state index in [0.29, 0.717) is 0 Å². The molecule has 0 bridgehead atoms. The van der Waals surface area contributed by atoms with Crippen LogP contribution < -0.4 is 0 Å². The summed E-state index contributed by atoms with van der Waals surface area (Å²) in [6.07, 6.45) is 0. The zero-order valence-electron chi connectivity index (χ0n) is 26.5. The van der Waals surface area contributed by atoms with E-state index in [4.69, 9.17) is 15.1 Å². The fourth-order valence-electron chi connectivity index (χ4n) is 7.20. The highest BCUT2D eigenvalue weighted by Gasteiger charge is 2.16. The smallest absolute Gasteiger partial charge is 0.161 e. The Labute approximate surface area is 282 Å². The number of aromatic nitrogens is 4. The van der Waals surface area contributed by atoms with Crippen LogP contribution in [-0.4, -0.2) is 19.6 Å². The Morgan fingerprint density at radius 1 is 0.388 bits per heavy atom. The zero-order valence-corrected chi connectivity index (χ0v) is 26.5. The molecule has 0 saturated carbocycles. The fraction of sp³-hybridized carbons (Fsp3) is 0. The highest BCUT2D eigenvalue weighted by Crippen LogP contribution is 2.38. The lowest BCUT2D eigenvalue weighted by molar-refractivity contribution is 0.949. The van der Waals surface area contributed by atoms with Crippen LogP contribution in [0.2, 0.25) is 0 Å². The SMILES string of the molecule is c1ccc(-c2cc3c4ccccc4nc(-c4ccc(-c5ccc(-c6nc7ccccc7c7c6ccc6ccccc67)cc5)cc4)n3n2)cc1. The minimum Gasteiger partial charge on any atom is -0.247 e. The molecule has 3 aromatic heterocycles. The van der Waals surface area contributed by atoms with E-state index in [1.165, 1.54) is 21.5 Å². The number of pyridine rings is 1. The van der Waals surface area contributed by atoms with E-state index < -0.39 is 0 Å². The summed E-state index contributed by atoms with van der Waals surface area (Å²) in [4.78, 5) is 10.3. The van der Waals surface area contributed by atoms with Gasteiger partial charge in [0.05, 0.1) is 27.9 Å². The highest BCUT2D eigenvalue weighted by atomic mass is 15.3. The van der Waals surface area contributed by atoms with E-state index in [2.05, 4.69) is 146 Å². The van der Waals surface area contributed by atoms with E-state index in [1.54, 1.807) is 0 Å². The molecule has 0 unspecified atom stereocenters. The van der Waals surface area contributed by atoms with Gasteiger partial charge in [-0.1, -0.05) is 152 Å². The molecule has 7 aromatic carbocycles. The Kier molecular flexibility index (Phi) is 6.15. The lowest BCUT2D eigenvalue weighted by atomic mass is 9.94. The minimum atomic E-state index is 0.819. The number of rotatable bonds is 4. The molecule has 228 valence electrons. The van der Waals surface area contributed by atoms with Crippen LogP contribution in [0.5, 0.6) is 0 Å². The molecule has 0 saturated heterocycles. The third-order valence-corrected chi connectivity index (χ3v) is 9.61. The van der Waals surface area contributed by atoms with Gasteiger partial charge in [-0.15, -0.1) is 0 Å². The molecule has 0 fully saturated rings. The van der Waals surface area contributed by atoms with Gasteiger partial charge >= 0.3 is 0 Å². The maximum absolute atomic E-state index is 5.18. The summed E-state index contributed by atoms with van der Waals surface area (Å²) in [7, 11) is 0. The maximum Gasteiger partial charge on any atom is 0.161 e. The number of para-hydroxylation sites is 2. The van der Waals surface area contributed by atoms with Crippen LogP contribution in [0.25, 0.3) is 93.9 Å². The molecule has 0 radical (unpaired) electrons. The average Bonchev–Trinajstić information content (AvgIpc) is 3.64. The second-order valence-corrected chi connectivity index (χ2v) is 12.5. The predicted octanol–water partition coefficient (Wildman–Crippen LogP) is 11.4. The Morgan fingerprint density at radius 2 is 0.980 bits per heavy atom. The van der Waals surface area contributed by atoms with Crippen LogP contribution >= 0.6 is 0 Å². The molecule has 10 rings (SSSR count). The standard InChI is InChI=1S/C45H28N4/c1-2-11-32(12-3-1)41-28-42-36-14-6-8-16-39(36)47-45(49(42)48-41)34-24-20-30(21-25-34)29-18-22-33(23-19-29)44-38-27-26-31-10-4-5-13-35(31)43(38)37-15-7-9-17-40(37)46-44/h1-28H. The van der Waals surface area contributed by atoms with Crippen molar-refractivity contribution in [1.29, 1.82) is 0 Å². The first kappa shape index (κ1) is 27.5. The third kappa shape index (κ3) is 4.49. The lowest BCUT2D eigenvalue weighted by Crippen LogP contribution is -1.99. The number of benzene rings is 7. The van der Waals surface area contributed by atoms with Gasteiger partial charge in [-0.25, -0.2) is 14.5 Å². The maximum atomic E-state index is 5.18. The lowest BCUT2D eigenvalue weighted by Gasteiger charge is -2.13. The van der Waals surface area contributed by atoms with Crippen molar-refractivity contribution in [2.75, 3.05) is 0 Å². The largest absolute Gasteiger partial charge is 0.247 e. The molecule has 0 spiro atoms. The van der Waals surface area contributed by atoms with E-state index in [9.17, 15) is 0 Å². The van der Waals surface area contributed by atoms with Gasteiger partial charge in [0.1, 0.15) is 0 Å². The molecule has 10 aromatic rings. The third-order valence-electron chi connectivity index (χ3n) is 9.61. The summed E-state index contributed by atoms with van der Waals surface area (Å²) < 4.78 is 1.98. The van der Waals surface area contributed by atoms with Gasteiger partial charge < -0.3 is 0 Å². The summed E-state index contributed by atoms with van der Waals surface area (Å²) in [5.41, 5.74) is 10.4. The normalized spacial score (nSPS) is 11.7. The number of fused-ring (bicyclic) bond motifs is 8. The molecule has 4 nitrogen and oxygen atoms in total. The number of hydrogen-bond acceptors (Lipinski definition) is 3. The minimum absolute atomic E-state index is 0.819. The molecule has 4 heteroatoms. The van der Waals surface area contributed by atoms with Crippen LogP contribution in [0, 0.1) is 0 Å². The molecule has 0 aliphatic rings. The van der Waals surface area contributed by atoms with E-state index in [0.717, 1.165) is 72.4 Å². The van der Waals surface area contributed by atoms with Crippen molar-refractivity contribution in [3.63, 3.8) is 0 Å². The monoisotopic (exact) mass is 624 g/mol. The first-order valence-corrected chi connectivity index (χ1v) is 16.5. The summed E-state index contributed by atoms with van der Waals surface area (Å²) in [5.74, 6) is 0.819. The van der Waals surface area contributed by atoms with E-state index in [-0.39, 0.29) is 0 Å². The Balaban J connectivity index is 1.04. The Morgan fingerprint density at radius 3 is 1.73 bits per heavy atom. The summed E-state index contributed by atoms with van der Waals surface area (Å²) in [6, 6.07) is 59.7. The predicted molar refractivity (Wildman–Crippen MR) is 203 cm³/mol. The van der Waals surface area contributed by atoms with Gasteiger partial charge in [0.15, 0.2) is 5.82 Å². The van der Waals surface area contributed by atoms with E-state index in [1.807, 2.05) is 28.8 Å². The van der Waals surface area contributed by atoms with Gasteiger partial charge in [0.2, 0.25) is 0 Å². The van der Waals surface area contributed by atoms with Crippen molar-refractivity contribution >= 4 is 48.9 Å². The second kappa shape index (κ2) is 11.0. The molecule has 0 aliphatic heterocycles. The van der Waals surface area contributed by atoms with Crippen LogP contribution in [0.4, 0.5) is 0 Å². The van der Waals surface area contributed by atoms with Crippen LogP contribution in [0.3, 0.4) is 0 Å². The Hall–Kier alpha value is -6.65. The van der Waals surface area contributed by atoms with Crippen molar-refractivity contribution < 1.29 is 0 Å². The number of nitrogens with zero attached hydrogens (tertiary/aromatic N) is 4. The second-order valence-electron chi connectivity index (χ2n) is 12.5. The molecule has 0 N–H and O–H groups in total. The molecule has 0 atom stereocenters. The zero-order chi connectivity index (χ0) is 32.3. The topological polar surface area (TPSA) is 43.1 Å². The average molecular weight is 625 g/mol. The molecule has 3 heterocycles. The van der Waals surface area contributed by atoms with Crippen molar-refractivity contribution in [3.05, 3.63) is 170 Å². The molecule has 49 heavy (non-hydrogen) atoms. The van der Waals surface area contributed by atoms with Gasteiger partial charge in [-0.05, 0) is 40.1 Å². The van der Waals surface area contributed by atoms with Gasteiger partial charge in [-0.2, -0.15) is 5.10 Å². The quantitative estimate of drug-likeness (QED) is 0.183. The summed E-state index contributed by atoms with van der Waals surface area (Å²) in [6.45, 7) is 0. The molecule has 0 amide bonds.